The fraction of sp³-hybridized carbons (Fsp3) is 0.250. The summed E-state index contributed by atoms with van der Waals surface area (Å²) in [6.07, 6.45) is 0.721. The Bertz CT molecular complexity index is 617. The van der Waals surface area contributed by atoms with Gasteiger partial charge in [-0.2, -0.15) is 0 Å². The van der Waals surface area contributed by atoms with Crippen molar-refractivity contribution in [3.63, 3.8) is 0 Å². The zero-order valence-electron chi connectivity index (χ0n) is 9.80. The second-order valence-corrected chi connectivity index (χ2v) is 5.53. The summed E-state index contributed by atoms with van der Waals surface area (Å²) in [5.74, 6) is 1.07. The van der Waals surface area contributed by atoms with Gasteiger partial charge in [0.05, 0.1) is 9.90 Å². The lowest BCUT2D eigenvalue weighted by atomic mass is 10.1. The van der Waals surface area contributed by atoms with Crippen LogP contribution in [0.25, 0.3) is 0 Å². The lowest BCUT2D eigenvalue weighted by Crippen LogP contribution is -2.16. The molecular formula is C12H11ClN2O3S. The molecule has 0 amide bonds. The van der Waals surface area contributed by atoms with Gasteiger partial charge in [0.2, 0.25) is 0 Å². The van der Waals surface area contributed by atoms with Crippen molar-refractivity contribution in [2.45, 2.75) is 6.10 Å². The van der Waals surface area contributed by atoms with E-state index in [4.69, 9.17) is 26.8 Å². The fourth-order valence-electron chi connectivity index (χ4n) is 1.88. The second-order valence-electron chi connectivity index (χ2n) is 4.03. The normalized spacial score (nSPS) is 15.3. The highest BCUT2D eigenvalue weighted by Crippen LogP contribution is 2.41. The van der Waals surface area contributed by atoms with Gasteiger partial charge in [-0.15, -0.1) is 0 Å². The molecule has 0 saturated heterocycles. The Morgan fingerprint density at radius 2 is 2.16 bits per heavy atom. The number of benzene rings is 1. The zero-order valence-corrected chi connectivity index (χ0v) is 11.4. The molecule has 1 aromatic carbocycles. The molecule has 5 nitrogen and oxygen atoms in total. The van der Waals surface area contributed by atoms with Crippen LogP contribution in [0.15, 0.2) is 18.3 Å². The highest BCUT2D eigenvalue weighted by Gasteiger charge is 2.21. The van der Waals surface area contributed by atoms with Crippen molar-refractivity contribution >= 4 is 28.1 Å². The van der Waals surface area contributed by atoms with Gasteiger partial charge in [-0.05, 0) is 17.7 Å². The monoisotopic (exact) mass is 298 g/mol. The Morgan fingerprint density at radius 1 is 1.37 bits per heavy atom. The first-order valence-corrected chi connectivity index (χ1v) is 6.83. The number of rotatable bonds is 2. The van der Waals surface area contributed by atoms with Gasteiger partial charge >= 0.3 is 0 Å². The summed E-state index contributed by atoms with van der Waals surface area (Å²) in [5.41, 5.74) is 6.18. The van der Waals surface area contributed by atoms with E-state index < -0.39 is 6.10 Å². The average Bonchev–Trinajstić information content (AvgIpc) is 2.84. The Balaban J connectivity index is 1.99. The number of ether oxygens (including phenoxy) is 2. The molecule has 2 aromatic rings. The number of hydrogen-bond acceptors (Lipinski definition) is 6. The Hall–Kier alpha value is -1.50. The molecule has 3 N–H and O–H groups in total. The van der Waals surface area contributed by atoms with Gasteiger partial charge in [-0.3, -0.25) is 0 Å². The highest BCUT2D eigenvalue weighted by molar-refractivity contribution is 7.15. The number of aliphatic hydroxyl groups is 1. The summed E-state index contributed by atoms with van der Waals surface area (Å²) in [4.78, 5) is 4.58. The van der Waals surface area contributed by atoms with E-state index in [9.17, 15) is 5.11 Å². The van der Waals surface area contributed by atoms with Gasteiger partial charge in [-0.1, -0.05) is 22.9 Å². The van der Waals surface area contributed by atoms with Gasteiger partial charge in [-0.25, -0.2) is 4.98 Å². The van der Waals surface area contributed by atoms with E-state index >= 15 is 0 Å². The lowest BCUT2D eigenvalue weighted by molar-refractivity contribution is 0.170. The van der Waals surface area contributed by atoms with Gasteiger partial charge in [0, 0.05) is 6.20 Å². The topological polar surface area (TPSA) is 77.6 Å². The molecule has 1 aromatic heterocycles. The minimum atomic E-state index is -0.830. The number of halogens is 1. The molecule has 0 saturated carbocycles. The first kappa shape index (κ1) is 12.5. The van der Waals surface area contributed by atoms with Crippen LogP contribution in [0.4, 0.5) is 5.13 Å². The molecule has 100 valence electrons. The third kappa shape index (κ3) is 2.34. The van der Waals surface area contributed by atoms with E-state index in [1.165, 1.54) is 11.3 Å². The standard InChI is InChI=1S/C12H11ClN2O3S/c13-7-3-6(4-8-11(7)18-2-1-17-8)10(16)9-5-15-12(14)19-9/h3-5,10,16H,1-2H2,(H2,14,15). The summed E-state index contributed by atoms with van der Waals surface area (Å²) >= 11 is 7.37. The minimum absolute atomic E-state index is 0.415. The smallest absolute Gasteiger partial charge is 0.180 e. The quantitative estimate of drug-likeness (QED) is 0.889. The Kier molecular flexibility index (Phi) is 3.22. The molecular weight excluding hydrogens is 288 g/mol. The number of thiazole rings is 1. The van der Waals surface area contributed by atoms with Gasteiger partial charge < -0.3 is 20.3 Å². The van der Waals surface area contributed by atoms with Crippen LogP contribution in [0.2, 0.25) is 5.02 Å². The maximum Gasteiger partial charge on any atom is 0.180 e. The van der Waals surface area contributed by atoms with E-state index in [-0.39, 0.29) is 0 Å². The first-order chi connectivity index (χ1) is 9.15. The summed E-state index contributed by atoms with van der Waals surface area (Å²) in [7, 11) is 0. The van der Waals surface area contributed by atoms with Crippen LogP contribution in [0.3, 0.4) is 0 Å². The van der Waals surface area contributed by atoms with Crippen LogP contribution in [0.1, 0.15) is 16.5 Å². The number of hydrogen-bond donors (Lipinski definition) is 2. The van der Waals surface area contributed by atoms with Crippen LogP contribution in [0, 0.1) is 0 Å². The van der Waals surface area contributed by atoms with E-state index in [1.807, 2.05) is 0 Å². The number of nitrogens with two attached hydrogens (primary N) is 1. The molecule has 0 fully saturated rings. The number of aromatic nitrogens is 1. The van der Waals surface area contributed by atoms with Gasteiger partial charge in [0.1, 0.15) is 19.3 Å². The van der Waals surface area contributed by atoms with Crippen LogP contribution < -0.4 is 15.2 Å². The molecule has 1 aliphatic heterocycles. The van der Waals surface area contributed by atoms with Crippen molar-refractivity contribution < 1.29 is 14.6 Å². The van der Waals surface area contributed by atoms with Crippen LogP contribution >= 0.6 is 22.9 Å². The number of nitrogens with zero attached hydrogens (tertiary/aromatic N) is 1. The minimum Gasteiger partial charge on any atom is -0.486 e. The molecule has 1 atom stereocenters. The van der Waals surface area contributed by atoms with Crippen molar-refractivity contribution in [3.8, 4) is 11.5 Å². The molecule has 0 aliphatic carbocycles. The van der Waals surface area contributed by atoms with Crippen LogP contribution in [-0.2, 0) is 0 Å². The van der Waals surface area contributed by atoms with E-state index in [0.717, 1.165) is 0 Å². The molecule has 0 spiro atoms. The van der Waals surface area contributed by atoms with Crippen molar-refractivity contribution in [3.05, 3.63) is 33.8 Å². The van der Waals surface area contributed by atoms with Gasteiger partial charge in [0.15, 0.2) is 16.6 Å². The second kappa shape index (κ2) is 4.88. The fourth-order valence-corrected chi connectivity index (χ4v) is 2.85. The summed E-state index contributed by atoms with van der Waals surface area (Å²) < 4.78 is 10.9. The SMILES string of the molecule is Nc1ncc(C(O)c2cc(Cl)c3c(c2)OCCO3)s1. The maximum atomic E-state index is 10.3. The highest BCUT2D eigenvalue weighted by atomic mass is 35.5. The Labute approximate surface area is 118 Å². The molecule has 19 heavy (non-hydrogen) atoms. The largest absolute Gasteiger partial charge is 0.486 e. The summed E-state index contributed by atoms with van der Waals surface area (Å²) in [5, 5.41) is 11.1. The molecule has 0 radical (unpaired) electrons. The molecule has 1 unspecified atom stereocenters. The molecule has 3 rings (SSSR count). The first-order valence-electron chi connectivity index (χ1n) is 5.63. The van der Waals surface area contributed by atoms with Crippen molar-refractivity contribution in [1.29, 1.82) is 0 Å². The van der Waals surface area contributed by atoms with E-state index in [1.54, 1.807) is 18.3 Å². The number of anilines is 1. The number of aliphatic hydroxyl groups excluding tert-OH is 1. The van der Waals surface area contributed by atoms with Crippen LogP contribution in [-0.4, -0.2) is 23.3 Å². The number of fused-ring (bicyclic) bond motifs is 1. The molecule has 0 bridgehead atoms. The van der Waals surface area contributed by atoms with Gasteiger partial charge in [0.25, 0.3) is 0 Å². The Morgan fingerprint density at radius 3 is 2.89 bits per heavy atom. The third-order valence-electron chi connectivity index (χ3n) is 2.75. The van der Waals surface area contributed by atoms with Crippen molar-refractivity contribution in [1.82, 2.24) is 4.98 Å². The average molecular weight is 299 g/mol. The molecule has 1 aliphatic rings. The number of nitrogen functional groups attached to an aromatic ring is 1. The molecule has 2 heterocycles. The van der Waals surface area contributed by atoms with E-state index in [0.29, 0.717) is 45.3 Å². The molecule has 7 heteroatoms. The summed E-state index contributed by atoms with van der Waals surface area (Å²) in [6.45, 7) is 0.941. The van der Waals surface area contributed by atoms with Crippen molar-refractivity contribution in [2.75, 3.05) is 18.9 Å². The zero-order chi connectivity index (χ0) is 13.4. The third-order valence-corrected chi connectivity index (χ3v) is 3.91. The lowest BCUT2D eigenvalue weighted by Gasteiger charge is -2.21. The van der Waals surface area contributed by atoms with E-state index in [2.05, 4.69) is 4.98 Å². The predicted molar refractivity (Wildman–Crippen MR) is 73.0 cm³/mol. The predicted octanol–water partition coefficient (Wildman–Crippen LogP) is 2.23. The van der Waals surface area contributed by atoms with Crippen LogP contribution in [0.5, 0.6) is 11.5 Å². The maximum absolute atomic E-state index is 10.3. The van der Waals surface area contributed by atoms with Crippen molar-refractivity contribution in [2.24, 2.45) is 0 Å². The summed E-state index contributed by atoms with van der Waals surface area (Å²) in [6, 6.07) is 3.39.